The summed E-state index contributed by atoms with van der Waals surface area (Å²) in [7, 11) is 3.11. The van der Waals surface area contributed by atoms with Crippen LogP contribution in [0.4, 0.5) is 0 Å². The largest absolute Gasteiger partial charge is 0.493 e. The Kier molecular flexibility index (Phi) is 6.46. The van der Waals surface area contributed by atoms with Crippen LogP contribution in [0.15, 0.2) is 30.9 Å². The molecule has 1 aromatic carbocycles. The highest BCUT2D eigenvalue weighted by Gasteiger charge is 2.10. The van der Waals surface area contributed by atoms with Gasteiger partial charge in [-0.2, -0.15) is 0 Å². The Balaban J connectivity index is 2.75. The molecule has 0 radical (unpaired) electrons. The van der Waals surface area contributed by atoms with Crippen molar-refractivity contribution in [1.29, 1.82) is 0 Å². The van der Waals surface area contributed by atoms with Crippen LogP contribution in [0.5, 0.6) is 11.5 Å². The minimum Gasteiger partial charge on any atom is -0.493 e. The van der Waals surface area contributed by atoms with E-state index in [9.17, 15) is 4.79 Å². The van der Waals surface area contributed by atoms with Gasteiger partial charge in [-0.25, -0.2) is 0 Å². The molecule has 0 aliphatic heterocycles. The van der Waals surface area contributed by atoms with Crippen molar-refractivity contribution in [2.24, 2.45) is 0 Å². The van der Waals surface area contributed by atoms with Crippen molar-refractivity contribution in [3.05, 3.63) is 36.4 Å². The monoisotopic (exact) mass is 265 g/mol. The van der Waals surface area contributed by atoms with E-state index in [1.807, 2.05) is 0 Å². The number of benzene rings is 1. The van der Waals surface area contributed by atoms with Crippen LogP contribution in [0.25, 0.3) is 0 Å². The first-order valence-corrected chi connectivity index (χ1v) is 5.91. The maximum Gasteiger partial charge on any atom is 0.251 e. The molecule has 104 valence electrons. The third kappa shape index (κ3) is 4.63. The molecule has 0 saturated carbocycles. The number of nitrogens with one attached hydrogen (secondary N) is 1. The van der Waals surface area contributed by atoms with Gasteiger partial charge in [0.15, 0.2) is 11.5 Å². The third-order valence-corrected chi connectivity index (χ3v) is 2.37. The van der Waals surface area contributed by atoms with E-state index in [0.29, 0.717) is 36.8 Å². The molecule has 0 unspecified atom stereocenters. The summed E-state index contributed by atoms with van der Waals surface area (Å²) in [6.45, 7) is 4.90. The van der Waals surface area contributed by atoms with Crippen LogP contribution >= 0.6 is 0 Å². The van der Waals surface area contributed by atoms with Gasteiger partial charge in [-0.1, -0.05) is 12.7 Å². The van der Waals surface area contributed by atoms with Gasteiger partial charge in [0.25, 0.3) is 5.91 Å². The summed E-state index contributed by atoms with van der Waals surface area (Å²) in [4.78, 5) is 11.8. The summed E-state index contributed by atoms with van der Waals surface area (Å²) in [5.74, 6) is 0.919. The van der Waals surface area contributed by atoms with Crippen LogP contribution in [-0.4, -0.2) is 39.9 Å². The number of carbonyl (C=O) groups is 1. The minimum absolute atomic E-state index is 0.175. The maximum atomic E-state index is 11.8. The second-order valence-corrected chi connectivity index (χ2v) is 3.71. The van der Waals surface area contributed by atoms with Crippen molar-refractivity contribution < 1.29 is 19.0 Å². The average molecular weight is 265 g/mol. The molecular formula is C14H19NO4. The quantitative estimate of drug-likeness (QED) is 0.573. The van der Waals surface area contributed by atoms with Crippen LogP contribution in [0.2, 0.25) is 0 Å². The molecule has 0 fully saturated rings. The molecule has 0 atom stereocenters. The zero-order valence-electron chi connectivity index (χ0n) is 11.3. The summed E-state index contributed by atoms with van der Waals surface area (Å²) in [5, 5.41) is 2.74. The van der Waals surface area contributed by atoms with Crippen molar-refractivity contribution >= 4 is 5.91 Å². The predicted octanol–water partition coefficient (Wildman–Crippen LogP) is 1.64. The third-order valence-electron chi connectivity index (χ3n) is 2.37. The molecule has 1 amide bonds. The lowest BCUT2D eigenvalue weighted by Crippen LogP contribution is -2.26. The Hall–Kier alpha value is -2.01. The summed E-state index contributed by atoms with van der Waals surface area (Å²) in [5.41, 5.74) is 0.513. The zero-order valence-corrected chi connectivity index (χ0v) is 11.3. The normalized spacial score (nSPS) is 9.79. The lowest BCUT2D eigenvalue weighted by Gasteiger charge is -2.11. The lowest BCUT2D eigenvalue weighted by molar-refractivity contribution is 0.0936. The molecule has 0 spiro atoms. The van der Waals surface area contributed by atoms with Gasteiger partial charge >= 0.3 is 0 Å². The number of rotatable bonds is 8. The molecule has 0 aliphatic carbocycles. The van der Waals surface area contributed by atoms with Crippen molar-refractivity contribution in [3.63, 3.8) is 0 Å². The number of hydrogen-bond acceptors (Lipinski definition) is 4. The Morgan fingerprint density at radius 3 is 2.79 bits per heavy atom. The van der Waals surface area contributed by atoms with Crippen molar-refractivity contribution in [2.75, 3.05) is 34.0 Å². The first-order valence-electron chi connectivity index (χ1n) is 5.91. The van der Waals surface area contributed by atoms with Gasteiger partial charge in [0, 0.05) is 19.2 Å². The fraction of sp³-hybridized carbons (Fsp3) is 0.357. The number of hydrogen-bond donors (Lipinski definition) is 1. The van der Waals surface area contributed by atoms with Gasteiger partial charge in [-0.05, 0) is 18.2 Å². The van der Waals surface area contributed by atoms with E-state index in [1.54, 1.807) is 31.4 Å². The number of ether oxygens (including phenoxy) is 3. The Bertz CT molecular complexity index is 431. The van der Waals surface area contributed by atoms with Crippen LogP contribution < -0.4 is 14.8 Å². The van der Waals surface area contributed by atoms with E-state index >= 15 is 0 Å². The summed E-state index contributed by atoms with van der Waals surface area (Å²) < 4.78 is 15.5. The number of amides is 1. The molecular weight excluding hydrogens is 246 g/mol. The summed E-state index contributed by atoms with van der Waals surface area (Å²) in [6, 6.07) is 5.03. The predicted molar refractivity (Wildman–Crippen MR) is 72.9 cm³/mol. The minimum atomic E-state index is -0.175. The number of carbonyl (C=O) groups excluding carboxylic acids is 1. The second-order valence-electron chi connectivity index (χ2n) is 3.71. The van der Waals surface area contributed by atoms with E-state index in [1.165, 1.54) is 7.11 Å². The fourth-order valence-electron chi connectivity index (χ4n) is 1.45. The van der Waals surface area contributed by atoms with E-state index in [-0.39, 0.29) is 5.91 Å². The molecule has 5 nitrogen and oxygen atoms in total. The molecule has 0 aromatic heterocycles. The van der Waals surface area contributed by atoms with E-state index in [4.69, 9.17) is 14.2 Å². The van der Waals surface area contributed by atoms with Gasteiger partial charge in [-0.3, -0.25) is 4.79 Å². The van der Waals surface area contributed by atoms with Crippen LogP contribution in [0.3, 0.4) is 0 Å². The standard InChI is InChI=1S/C14H19NO4/c1-4-8-19-12-6-5-11(10-13(12)18-3)14(16)15-7-9-17-2/h4-6,10H,1,7-9H2,2-3H3,(H,15,16). The maximum absolute atomic E-state index is 11.8. The van der Waals surface area contributed by atoms with Gasteiger partial charge in [0.1, 0.15) is 6.61 Å². The van der Waals surface area contributed by atoms with Crippen LogP contribution in [0, 0.1) is 0 Å². The van der Waals surface area contributed by atoms with Crippen LogP contribution in [0.1, 0.15) is 10.4 Å². The molecule has 0 bridgehead atoms. The van der Waals surface area contributed by atoms with Crippen molar-refractivity contribution in [3.8, 4) is 11.5 Å². The molecule has 1 N–H and O–H groups in total. The SMILES string of the molecule is C=CCOc1ccc(C(=O)NCCOC)cc1OC. The van der Waals surface area contributed by atoms with Crippen molar-refractivity contribution in [2.45, 2.75) is 0 Å². The highest BCUT2D eigenvalue weighted by molar-refractivity contribution is 5.94. The van der Waals surface area contributed by atoms with E-state index in [2.05, 4.69) is 11.9 Å². The molecule has 0 heterocycles. The Morgan fingerprint density at radius 2 is 2.16 bits per heavy atom. The number of methoxy groups -OCH3 is 2. The summed E-state index contributed by atoms with van der Waals surface area (Å²) >= 11 is 0. The van der Waals surface area contributed by atoms with E-state index < -0.39 is 0 Å². The second kappa shape index (κ2) is 8.16. The van der Waals surface area contributed by atoms with Gasteiger partial charge in [-0.15, -0.1) is 0 Å². The molecule has 5 heteroatoms. The van der Waals surface area contributed by atoms with Gasteiger partial charge < -0.3 is 19.5 Å². The first-order chi connectivity index (χ1) is 9.22. The summed E-state index contributed by atoms with van der Waals surface area (Å²) in [6.07, 6.45) is 1.64. The Morgan fingerprint density at radius 1 is 1.37 bits per heavy atom. The van der Waals surface area contributed by atoms with Gasteiger partial charge in [0.2, 0.25) is 0 Å². The molecule has 1 aromatic rings. The zero-order chi connectivity index (χ0) is 14.1. The Labute approximate surface area is 113 Å². The smallest absolute Gasteiger partial charge is 0.251 e. The van der Waals surface area contributed by atoms with E-state index in [0.717, 1.165) is 0 Å². The van der Waals surface area contributed by atoms with Crippen molar-refractivity contribution in [1.82, 2.24) is 5.32 Å². The lowest BCUT2D eigenvalue weighted by atomic mass is 10.2. The average Bonchev–Trinajstić information content (AvgIpc) is 2.45. The first kappa shape index (κ1) is 15.0. The molecule has 1 rings (SSSR count). The van der Waals surface area contributed by atoms with Crippen LogP contribution in [-0.2, 0) is 4.74 Å². The fourth-order valence-corrected chi connectivity index (χ4v) is 1.45. The van der Waals surface area contributed by atoms with Gasteiger partial charge in [0.05, 0.1) is 13.7 Å². The molecule has 0 saturated heterocycles. The molecule has 0 aliphatic rings. The topological polar surface area (TPSA) is 56.8 Å². The molecule has 19 heavy (non-hydrogen) atoms. The highest BCUT2D eigenvalue weighted by atomic mass is 16.5. The highest BCUT2D eigenvalue weighted by Crippen LogP contribution is 2.27.